The highest BCUT2D eigenvalue weighted by molar-refractivity contribution is 7.16. The smallest absolute Gasteiger partial charge is 0.341 e. The lowest BCUT2D eigenvalue weighted by Crippen LogP contribution is -2.16. The normalized spacial score (nSPS) is 11.0. The van der Waals surface area contributed by atoms with E-state index in [1.807, 2.05) is 13.0 Å². The maximum Gasteiger partial charge on any atom is 0.341 e. The standard InChI is InChI=1S/C26H24N2O6S/c1-5-32-25(30)18-9-7-17(8-10-18)21-12-11-20(34-21)13-19(14-27)23(29)28-24-22(26(31)33-6-2)15(3)16(4)35-24/h7-13H,5-6H2,1-4H3,(H,28,29). The molecule has 0 radical (unpaired) electrons. The maximum absolute atomic E-state index is 12.8. The van der Waals surface area contributed by atoms with Gasteiger partial charge in [0.05, 0.1) is 24.3 Å². The third kappa shape index (κ3) is 5.86. The number of benzene rings is 1. The van der Waals surface area contributed by atoms with Gasteiger partial charge in [-0.25, -0.2) is 9.59 Å². The van der Waals surface area contributed by atoms with Crippen molar-refractivity contribution in [3.05, 3.63) is 69.3 Å². The van der Waals surface area contributed by atoms with Crippen molar-refractivity contribution in [2.24, 2.45) is 0 Å². The van der Waals surface area contributed by atoms with Gasteiger partial charge in [-0.15, -0.1) is 11.3 Å². The van der Waals surface area contributed by atoms with Gasteiger partial charge < -0.3 is 19.2 Å². The number of anilines is 1. The van der Waals surface area contributed by atoms with Crippen molar-refractivity contribution < 1.29 is 28.3 Å². The van der Waals surface area contributed by atoms with Gasteiger partial charge in [-0.05, 0) is 57.5 Å². The van der Waals surface area contributed by atoms with Gasteiger partial charge in [-0.1, -0.05) is 12.1 Å². The Labute approximate surface area is 206 Å². The number of nitrogens with zero attached hydrogens (tertiary/aromatic N) is 1. The van der Waals surface area contributed by atoms with Crippen LogP contribution < -0.4 is 5.32 Å². The van der Waals surface area contributed by atoms with Crippen LogP contribution in [0.1, 0.15) is 50.8 Å². The molecule has 2 heterocycles. The Morgan fingerprint density at radius 3 is 2.31 bits per heavy atom. The van der Waals surface area contributed by atoms with Gasteiger partial charge in [0, 0.05) is 16.5 Å². The molecule has 1 aromatic carbocycles. The molecule has 0 aliphatic carbocycles. The summed E-state index contributed by atoms with van der Waals surface area (Å²) in [5, 5.41) is 12.5. The van der Waals surface area contributed by atoms with E-state index in [9.17, 15) is 19.6 Å². The predicted octanol–water partition coefficient (Wildman–Crippen LogP) is 5.52. The first-order chi connectivity index (χ1) is 16.8. The van der Waals surface area contributed by atoms with Crippen molar-refractivity contribution in [2.75, 3.05) is 18.5 Å². The Hall–Kier alpha value is -4.16. The topological polar surface area (TPSA) is 119 Å². The quantitative estimate of drug-likeness (QED) is 0.250. The van der Waals surface area contributed by atoms with E-state index in [0.717, 1.165) is 10.4 Å². The Morgan fingerprint density at radius 2 is 1.69 bits per heavy atom. The van der Waals surface area contributed by atoms with Crippen LogP contribution in [0.5, 0.6) is 0 Å². The first-order valence-electron chi connectivity index (χ1n) is 10.9. The number of thiophene rings is 1. The fraction of sp³-hybridized carbons (Fsp3) is 0.231. The number of esters is 2. The number of carbonyl (C=O) groups is 3. The number of hydrogen-bond acceptors (Lipinski definition) is 8. The SMILES string of the molecule is CCOC(=O)c1ccc(-c2ccc(C=C(C#N)C(=O)Nc3sc(C)c(C)c3C(=O)OCC)o2)cc1. The van der Waals surface area contributed by atoms with Crippen LogP contribution in [0.2, 0.25) is 0 Å². The van der Waals surface area contributed by atoms with Crippen molar-refractivity contribution in [3.8, 4) is 17.4 Å². The van der Waals surface area contributed by atoms with Gasteiger partial charge in [-0.2, -0.15) is 5.26 Å². The van der Waals surface area contributed by atoms with E-state index in [0.29, 0.717) is 34.3 Å². The van der Waals surface area contributed by atoms with Crippen molar-refractivity contribution in [1.29, 1.82) is 5.26 Å². The molecule has 1 amide bonds. The van der Waals surface area contributed by atoms with Gasteiger partial charge in [-0.3, -0.25) is 4.79 Å². The Kier molecular flexibility index (Phi) is 8.23. The zero-order valence-corrected chi connectivity index (χ0v) is 20.6. The average Bonchev–Trinajstić information content (AvgIpc) is 3.41. The summed E-state index contributed by atoms with van der Waals surface area (Å²) in [4.78, 5) is 37.8. The molecular weight excluding hydrogens is 468 g/mol. The number of carbonyl (C=O) groups excluding carboxylic acids is 3. The summed E-state index contributed by atoms with van der Waals surface area (Å²) in [6.07, 6.45) is 1.32. The fourth-order valence-electron chi connectivity index (χ4n) is 3.20. The molecule has 2 aromatic heterocycles. The number of amides is 1. The lowest BCUT2D eigenvalue weighted by atomic mass is 10.1. The van der Waals surface area contributed by atoms with Gasteiger partial charge in [0.1, 0.15) is 28.2 Å². The second-order valence-electron chi connectivity index (χ2n) is 7.33. The summed E-state index contributed by atoms with van der Waals surface area (Å²) < 4.78 is 15.8. The highest BCUT2D eigenvalue weighted by atomic mass is 32.1. The minimum absolute atomic E-state index is 0.193. The van der Waals surface area contributed by atoms with Crippen LogP contribution in [-0.2, 0) is 14.3 Å². The molecule has 8 nitrogen and oxygen atoms in total. The second kappa shape index (κ2) is 11.3. The molecule has 0 saturated heterocycles. The summed E-state index contributed by atoms with van der Waals surface area (Å²) >= 11 is 1.24. The highest BCUT2D eigenvalue weighted by Gasteiger charge is 2.23. The molecule has 180 valence electrons. The van der Waals surface area contributed by atoms with Crippen LogP contribution >= 0.6 is 11.3 Å². The first-order valence-corrected chi connectivity index (χ1v) is 11.7. The van der Waals surface area contributed by atoms with E-state index < -0.39 is 17.8 Å². The van der Waals surface area contributed by atoms with Crippen LogP contribution in [0, 0.1) is 25.2 Å². The van der Waals surface area contributed by atoms with Gasteiger partial charge in [0.2, 0.25) is 0 Å². The highest BCUT2D eigenvalue weighted by Crippen LogP contribution is 2.33. The number of nitriles is 1. The Morgan fingerprint density at radius 1 is 1.03 bits per heavy atom. The first kappa shape index (κ1) is 25.5. The van der Waals surface area contributed by atoms with E-state index in [-0.39, 0.29) is 17.7 Å². The van der Waals surface area contributed by atoms with Crippen LogP contribution in [0.4, 0.5) is 5.00 Å². The number of ether oxygens (including phenoxy) is 2. The summed E-state index contributed by atoms with van der Waals surface area (Å²) in [5.74, 6) is -0.814. The Bertz CT molecular complexity index is 1320. The molecule has 0 bridgehead atoms. The molecule has 0 spiro atoms. The minimum atomic E-state index is -0.670. The molecular formula is C26H24N2O6S. The molecule has 1 N–H and O–H groups in total. The zero-order chi connectivity index (χ0) is 25.5. The third-order valence-corrected chi connectivity index (χ3v) is 6.17. The van der Waals surface area contributed by atoms with Gasteiger partial charge in [0.15, 0.2) is 0 Å². The number of aryl methyl sites for hydroxylation is 1. The molecule has 0 fully saturated rings. The minimum Gasteiger partial charge on any atom is -0.462 e. The van der Waals surface area contributed by atoms with Crippen LogP contribution in [0.3, 0.4) is 0 Å². The molecule has 0 aliphatic heterocycles. The van der Waals surface area contributed by atoms with Gasteiger partial charge >= 0.3 is 11.9 Å². The summed E-state index contributed by atoms with van der Waals surface area (Å²) in [6, 6.07) is 11.9. The van der Waals surface area contributed by atoms with Crippen molar-refractivity contribution >= 4 is 40.3 Å². The molecule has 9 heteroatoms. The summed E-state index contributed by atoms with van der Waals surface area (Å²) in [7, 11) is 0. The van der Waals surface area contributed by atoms with E-state index in [4.69, 9.17) is 13.9 Å². The predicted molar refractivity (Wildman–Crippen MR) is 132 cm³/mol. The largest absolute Gasteiger partial charge is 0.462 e. The second-order valence-corrected chi connectivity index (χ2v) is 8.56. The average molecular weight is 493 g/mol. The van der Waals surface area contributed by atoms with Crippen LogP contribution in [-0.4, -0.2) is 31.1 Å². The molecule has 0 atom stereocenters. The van der Waals surface area contributed by atoms with E-state index >= 15 is 0 Å². The molecule has 3 aromatic rings. The molecule has 0 unspecified atom stereocenters. The third-order valence-electron chi connectivity index (χ3n) is 5.05. The molecule has 35 heavy (non-hydrogen) atoms. The van der Waals surface area contributed by atoms with Crippen molar-refractivity contribution in [1.82, 2.24) is 0 Å². The van der Waals surface area contributed by atoms with Crippen molar-refractivity contribution in [2.45, 2.75) is 27.7 Å². The summed E-state index contributed by atoms with van der Waals surface area (Å²) in [5.41, 5.74) is 1.95. The number of furan rings is 1. The zero-order valence-electron chi connectivity index (χ0n) is 19.8. The number of hydrogen-bond donors (Lipinski definition) is 1. The van der Waals surface area contributed by atoms with E-state index in [2.05, 4.69) is 5.32 Å². The number of nitrogens with one attached hydrogen (secondary N) is 1. The molecule has 0 saturated carbocycles. The van der Waals surface area contributed by atoms with E-state index in [1.165, 1.54) is 17.4 Å². The molecule has 0 aliphatic rings. The van der Waals surface area contributed by atoms with Crippen LogP contribution in [0.15, 0.2) is 46.4 Å². The van der Waals surface area contributed by atoms with E-state index in [1.54, 1.807) is 57.2 Å². The molecule has 3 rings (SSSR count). The maximum atomic E-state index is 12.8. The number of rotatable bonds is 8. The fourth-order valence-corrected chi connectivity index (χ4v) is 4.24. The lowest BCUT2D eigenvalue weighted by molar-refractivity contribution is -0.112. The van der Waals surface area contributed by atoms with Gasteiger partial charge in [0.25, 0.3) is 5.91 Å². The van der Waals surface area contributed by atoms with Crippen LogP contribution in [0.25, 0.3) is 17.4 Å². The van der Waals surface area contributed by atoms with Crippen molar-refractivity contribution in [3.63, 3.8) is 0 Å². The monoisotopic (exact) mass is 492 g/mol. The Balaban J connectivity index is 1.80. The lowest BCUT2D eigenvalue weighted by Gasteiger charge is -2.06. The summed E-state index contributed by atoms with van der Waals surface area (Å²) in [6.45, 7) is 7.55.